The molecule has 1 amide bonds. The van der Waals surface area contributed by atoms with Crippen molar-refractivity contribution in [1.29, 1.82) is 0 Å². The predicted octanol–water partition coefficient (Wildman–Crippen LogP) is 3.99. The average Bonchev–Trinajstić information content (AvgIpc) is 3.09. The number of nitrogens with one attached hydrogen (secondary N) is 1. The molecule has 0 aliphatic heterocycles. The van der Waals surface area contributed by atoms with E-state index in [1.807, 2.05) is 37.3 Å². The molecule has 3 aromatic rings. The number of carbonyl (C=O) groups excluding carboxylic acids is 2. The Morgan fingerprint density at radius 1 is 1.07 bits per heavy atom. The first-order chi connectivity index (χ1) is 13.9. The zero-order chi connectivity index (χ0) is 20.8. The van der Waals surface area contributed by atoms with E-state index in [0.29, 0.717) is 17.2 Å². The van der Waals surface area contributed by atoms with Gasteiger partial charge >= 0.3 is 5.97 Å². The number of rotatable bonds is 8. The monoisotopic (exact) mass is 394 g/mol. The van der Waals surface area contributed by atoms with Gasteiger partial charge < -0.3 is 14.6 Å². The van der Waals surface area contributed by atoms with Crippen LogP contribution in [0, 0.1) is 5.92 Å². The maximum Gasteiger partial charge on any atom is 0.312 e. The second-order valence-corrected chi connectivity index (χ2v) is 7.59. The van der Waals surface area contributed by atoms with Crippen LogP contribution in [0.4, 0.5) is 0 Å². The maximum atomic E-state index is 12.1. The summed E-state index contributed by atoms with van der Waals surface area (Å²) in [7, 11) is 0. The Bertz CT molecular complexity index is 976. The van der Waals surface area contributed by atoms with E-state index in [-0.39, 0.29) is 25.0 Å². The summed E-state index contributed by atoms with van der Waals surface area (Å²) in [6.07, 6.45) is 0.981. The molecule has 3 rings (SSSR count). The van der Waals surface area contributed by atoms with Crippen molar-refractivity contribution in [1.82, 2.24) is 10.5 Å². The number of benzene rings is 2. The fourth-order valence-corrected chi connectivity index (χ4v) is 3.18. The van der Waals surface area contributed by atoms with Gasteiger partial charge in [0.1, 0.15) is 5.69 Å². The SMILES string of the molecule is CC(C)Cc1ccc([C@H](C)NC(=O)COC(=O)Cc2noc3ccccc23)cc1. The third kappa shape index (κ3) is 5.67. The summed E-state index contributed by atoms with van der Waals surface area (Å²) in [5.74, 6) is -0.269. The molecule has 0 bridgehead atoms. The highest BCUT2D eigenvalue weighted by Gasteiger charge is 2.15. The minimum absolute atomic E-state index is 0.0445. The zero-order valence-corrected chi connectivity index (χ0v) is 17.0. The topological polar surface area (TPSA) is 81.4 Å². The van der Waals surface area contributed by atoms with Crippen molar-refractivity contribution in [2.45, 2.75) is 39.7 Å². The van der Waals surface area contributed by atoms with Crippen LogP contribution in [0.3, 0.4) is 0 Å². The van der Waals surface area contributed by atoms with E-state index < -0.39 is 5.97 Å². The normalized spacial score (nSPS) is 12.1. The molecule has 1 N–H and O–H groups in total. The van der Waals surface area contributed by atoms with E-state index >= 15 is 0 Å². The molecule has 1 atom stereocenters. The number of amides is 1. The van der Waals surface area contributed by atoms with E-state index in [9.17, 15) is 9.59 Å². The number of aromatic nitrogens is 1. The number of para-hydroxylation sites is 1. The lowest BCUT2D eigenvalue weighted by Gasteiger charge is -2.15. The molecule has 6 nitrogen and oxygen atoms in total. The van der Waals surface area contributed by atoms with Gasteiger partial charge in [0.15, 0.2) is 12.2 Å². The number of hydrogen-bond acceptors (Lipinski definition) is 5. The van der Waals surface area contributed by atoms with Crippen molar-refractivity contribution in [3.05, 3.63) is 65.4 Å². The summed E-state index contributed by atoms with van der Waals surface area (Å²) in [5, 5.41) is 7.52. The van der Waals surface area contributed by atoms with Gasteiger partial charge in [-0.15, -0.1) is 0 Å². The standard InChI is InChI=1S/C23H26N2O4/c1-15(2)12-17-8-10-18(11-9-17)16(3)24-22(26)14-28-23(27)13-20-19-6-4-5-7-21(19)29-25-20/h4-11,15-16H,12-14H2,1-3H3,(H,24,26)/t16-/m0/s1. The highest BCUT2D eigenvalue weighted by atomic mass is 16.5. The molecule has 0 saturated heterocycles. The molecule has 1 aromatic heterocycles. The van der Waals surface area contributed by atoms with Crippen LogP contribution in [0.1, 0.15) is 43.6 Å². The second kappa shape index (κ2) is 9.37. The highest BCUT2D eigenvalue weighted by Crippen LogP contribution is 2.18. The van der Waals surface area contributed by atoms with Gasteiger partial charge in [0, 0.05) is 5.39 Å². The van der Waals surface area contributed by atoms with Gasteiger partial charge in [-0.25, -0.2) is 0 Å². The molecule has 152 valence electrons. The van der Waals surface area contributed by atoms with Gasteiger partial charge in [-0.1, -0.05) is 55.4 Å². The molecule has 1 heterocycles. The lowest BCUT2D eigenvalue weighted by Crippen LogP contribution is -2.31. The Hall–Kier alpha value is -3.15. The number of fused-ring (bicyclic) bond motifs is 1. The number of esters is 1. The summed E-state index contributed by atoms with van der Waals surface area (Å²) >= 11 is 0. The van der Waals surface area contributed by atoms with E-state index in [0.717, 1.165) is 17.4 Å². The molecule has 2 aromatic carbocycles. The number of hydrogen-bond donors (Lipinski definition) is 1. The van der Waals surface area contributed by atoms with Gasteiger partial charge in [0.25, 0.3) is 5.91 Å². The first kappa shape index (κ1) is 20.6. The van der Waals surface area contributed by atoms with E-state index in [2.05, 4.69) is 36.5 Å². The molecule has 0 saturated carbocycles. The van der Waals surface area contributed by atoms with Crippen LogP contribution in [0.2, 0.25) is 0 Å². The van der Waals surface area contributed by atoms with Crippen LogP contribution < -0.4 is 5.32 Å². The van der Waals surface area contributed by atoms with Crippen LogP contribution in [0.15, 0.2) is 53.1 Å². The first-order valence-corrected chi connectivity index (χ1v) is 9.79. The van der Waals surface area contributed by atoms with Crippen molar-refractivity contribution >= 4 is 22.8 Å². The summed E-state index contributed by atoms with van der Waals surface area (Å²) in [6, 6.07) is 15.3. The molecule has 0 aliphatic carbocycles. The van der Waals surface area contributed by atoms with Crippen molar-refractivity contribution < 1.29 is 18.8 Å². The van der Waals surface area contributed by atoms with Crippen LogP contribution >= 0.6 is 0 Å². The van der Waals surface area contributed by atoms with Crippen molar-refractivity contribution in [2.24, 2.45) is 5.92 Å². The van der Waals surface area contributed by atoms with Crippen molar-refractivity contribution in [2.75, 3.05) is 6.61 Å². The summed E-state index contributed by atoms with van der Waals surface area (Å²) in [4.78, 5) is 24.2. The predicted molar refractivity (Wildman–Crippen MR) is 110 cm³/mol. The molecule has 6 heteroatoms. The van der Waals surface area contributed by atoms with Crippen molar-refractivity contribution in [3.8, 4) is 0 Å². The van der Waals surface area contributed by atoms with Gasteiger partial charge in [0.05, 0.1) is 12.5 Å². The maximum absolute atomic E-state index is 12.1. The minimum Gasteiger partial charge on any atom is -0.455 e. The Labute approximate surface area is 170 Å². The number of ether oxygens (including phenoxy) is 1. The molecule has 0 unspecified atom stereocenters. The van der Waals surface area contributed by atoms with E-state index in [4.69, 9.17) is 9.26 Å². The van der Waals surface area contributed by atoms with Crippen LogP contribution in [-0.4, -0.2) is 23.6 Å². The van der Waals surface area contributed by atoms with Gasteiger partial charge in [-0.3, -0.25) is 9.59 Å². The molecule has 0 aliphatic rings. The highest BCUT2D eigenvalue weighted by molar-refractivity contribution is 5.85. The fraction of sp³-hybridized carbons (Fsp3) is 0.348. The summed E-state index contributed by atoms with van der Waals surface area (Å²) in [5.41, 5.74) is 3.39. The number of nitrogens with zero attached hydrogens (tertiary/aromatic N) is 1. The minimum atomic E-state index is -0.523. The van der Waals surface area contributed by atoms with Gasteiger partial charge in [-0.2, -0.15) is 0 Å². The zero-order valence-electron chi connectivity index (χ0n) is 17.0. The number of carbonyl (C=O) groups is 2. The molecular formula is C23H26N2O4. The fourth-order valence-electron chi connectivity index (χ4n) is 3.18. The molecule has 0 spiro atoms. The second-order valence-electron chi connectivity index (χ2n) is 7.59. The van der Waals surface area contributed by atoms with Gasteiger partial charge in [0.2, 0.25) is 0 Å². The van der Waals surface area contributed by atoms with E-state index in [1.54, 1.807) is 6.07 Å². The molecule has 29 heavy (non-hydrogen) atoms. The van der Waals surface area contributed by atoms with E-state index in [1.165, 1.54) is 5.56 Å². The van der Waals surface area contributed by atoms with Crippen LogP contribution in [0.25, 0.3) is 11.0 Å². The molecule has 0 fully saturated rings. The Morgan fingerprint density at radius 2 is 1.79 bits per heavy atom. The Balaban J connectivity index is 1.47. The quantitative estimate of drug-likeness (QED) is 0.584. The summed E-state index contributed by atoms with van der Waals surface area (Å²) < 4.78 is 10.3. The summed E-state index contributed by atoms with van der Waals surface area (Å²) in [6.45, 7) is 5.94. The molecule has 0 radical (unpaired) electrons. The average molecular weight is 394 g/mol. The Morgan fingerprint density at radius 3 is 2.52 bits per heavy atom. The molecular weight excluding hydrogens is 368 g/mol. The van der Waals surface area contributed by atoms with Crippen molar-refractivity contribution in [3.63, 3.8) is 0 Å². The van der Waals surface area contributed by atoms with Crippen LogP contribution in [-0.2, 0) is 27.2 Å². The van der Waals surface area contributed by atoms with Crippen LogP contribution in [0.5, 0.6) is 0 Å². The first-order valence-electron chi connectivity index (χ1n) is 9.79. The lowest BCUT2D eigenvalue weighted by molar-refractivity contribution is -0.148. The van der Waals surface area contributed by atoms with Gasteiger partial charge in [-0.05, 0) is 42.5 Å². The smallest absolute Gasteiger partial charge is 0.312 e. The third-order valence-electron chi connectivity index (χ3n) is 4.63. The lowest BCUT2D eigenvalue weighted by atomic mass is 10.00. The largest absolute Gasteiger partial charge is 0.455 e. The Kier molecular flexibility index (Phi) is 6.65. The third-order valence-corrected chi connectivity index (χ3v) is 4.63.